The molecular formula is C15H20ClN3O2. The number of rotatable bonds is 6. The van der Waals surface area contributed by atoms with E-state index in [0.717, 1.165) is 17.3 Å². The molecule has 0 saturated heterocycles. The Morgan fingerprint density at radius 3 is 2.81 bits per heavy atom. The van der Waals surface area contributed by atoms with Crippen LogP contribution in [-0.2, 0) is 4.74 Å². The largest absolute Gasteiger partial charge is 0.495 e. The van der Waals surface area contributed by atoms with Crippen LogP contribution in [0.5, 0.6) is 5.75 Å². The lowest BCUT2D eigenvalue weighted by Crippen LogP contribution is -2.12. The lowest BCUT2D eigenvalue weighted by atomic mass is 10.3. The summed E-state index contributed by atoms with van der Waals surface area (Å²) in [6.07, 6.45) is 2.00. The fourth-order valence-electron chi connectivity index (χ4n) is 2.13. The van der Waals surface area contributed by atoms with E-state index in [4.69, 9.17) is 21.1 Å². The Morgan fingerprint density at radius 1 is 1.38 bits per heavy atom. The molecule has 1 unspecified atom stereocenters. The zero-order valence-corrected chi connectivity index (χ0v) is 13.4. The quantitative estimate of drug-likeness (QED) is 0.881. The maximum Gasteiger partial charge on any atom is 0.207 e. The van der Waals surface area contributed by atoms with E-state index in [-0.39, 0.29) is 6.04 Å². The fourth-order valence-corrected chi connectivity index (χ4v) is 2.33. The molecule has 0 spiro atoms. The third kappa shape index (κ3) is 3.68. The van der Waals surface area contributed by atoms with E-state index in [1.54, 1.807) is 20.3 Å². The van der Waals surface area contributed by atoms with Crippen molar-refractivity contribution in [3.05, 3.63) is 35.1 Å². The summed E-state index contributed by atoms with van der Waals surface area (Å²) in [7, 11) is 3.29. The van der Waals surface area contributed by atoms with Crippen LogP contribution in [0.4, 0.5) is 11.6 Å². The van der Waals surface area contributed by atoms with Crippen molar-refractivity contribution < 1.29 is 9.47 Å². The molecule has 0 aliphatic rings. The normalized spacial score (nSPS) is 12.2. The first kappa shape index (κ1) is 15.7. The number of hydrogen-bond acceptors (Lipinski definition) is 4. The Bertz CT molecular complexity index is 613. The molecule has 0 amide bonds. The van der Waals surface area contributed by atoms with E-state index in [9.17, 15) is 0 Å². The Labute approximate surface area is 129 Å². The molecule has 0 saturated carbocycles. The molecule has 21 heavy (non-hydrogen) atoms. The summed E-state index contributed by atoms with van der Waals surface area (Å²) in [6.45, 7) is 4.66. The van der Waals surface area contributed by atoms with E-state index in [2.05, 4.69) is 21.8 Å². The molecule has 1 N–H and O–H groups in total. The van der Waals surface area contributed by atoms with Crippen LogP contribution in [0.2, 0.25) is 5.02 Å². The van der Waals surface area contributed by atoms with Gasteiger partial charge in [-0.2, -0.15) is 0 Å². The number of benzene rings is 1. The number of imidazole rings is 1. The van der Waals surface area contributed by atoms with Gasteiger partial charge in [-0.1, -0.05) is 11.6 Å². The Hall–Kier alpha value is -1.72. The topological polar surface area (TPSA) is 48.3 Å². The summed E-state index contributed by atoms with van der Waals surface area (Å²) in [6, 6.07) is 5.71. The standard InChI is InChI=1S/C15H20ClN3O2/c1-10-8-19(11(2)9-20-3)15(17-10)18-12-5-6-13(16)14(7-12)21-4/h5-8,11H,9H2,1-4H3,(H,17,18). The van der Waals surface area contributed by atoms with Gasteiger partial charge in [-0.25, -0.2) is 4.98 Å². The molecule has 0 aliphatic heterocycles. The van der Waals surface area contributed by atoms with Crippen molar-refractivity contribution in [2.24, 2.45) is 0 Å². The van der Waals surface area contributed by atoms with Gasteiger partial charge in [0.15, 0.2) is 0 Å². The fraction of sp³-hybridized carbons (Fsp3) is 0.400. The predicted molar refractivity (Wildman–Crippen MR) is 84.8 cm³/mol. The van der Waals surface area contributed by atoms with Crippen molar-refractivity contribution in [2.45, 2.75) is 19.9 Å². The highest BCUT2D eigenvalue weighted by molar-refractivity contribution is 6.32. The minimum absolute atomic E-state index is 0.188. The molecule has 1 aromatic carbocycles. The molecule has 2 aromatic rings. The highest BCUT2D eigenvalue weighted by Crippen LogP contribution is 2.29. The summed E-state index contributed by atoms with van der Waals surface area (Å²) < 4.78 is 12.5. The summed E-state index contributed by atoms with van der Waals surface area (Å²) in [5.74, 6) is 1.39. The van der Waals surface area contributed by atoms with Gasteiger partial charge < -0.3 is 19.4 Å². The van der Waals surface area contributed by atoms with Crippen LogP contribution in [0, 0.1) is 6.92 Å². The van der Waals surface area contributed by atoms with Crippen LogP contribution >= 0.6 is 11.6 Å². The van der Waals surface area contributed by atoms with Crippen LogP contribution in [0.1, 0.15) is 18.7 Å². The number of nitrogens with one attached hydrogen (secondary N) is 1. The number of halogens is 1. The highest BCUT2D eigenvalue weighted by atomic mass is 35.5. The van der Waals surface area contributed by atoms with Gasteiger partial charge in [-0.3, -0.25) is 0 Å². The van der Waals surface area contributed by atoms with Gasteiger partial charge in [0.25, 0.3) is 0 Å². The Balaban J connectivity index is 2.27. The van der Waals surface area contributed by atoms with Crippen molar-refractivity contribution in [3.63, 3.8) is 0 Å². The van der Waals surface area contributed by atoms with Crippen molar-refractivity contribution >= 4 is 23.2 Å². The second kappa shape index (κ2) is 6.83. The van der Waals surface area contributed by atoms with Gasteiger partial charge in [-0.15, -0.1) is 0 Å². The molecule has 0 aliphatic carbocycles. The van der Waals surface area contributed by atoms with Crippen LogP contribution in [-0.4, -0.2) is 30.4 Å². The monoisotopic (exact) mass is 309 g/mol. The molecule has 0 radical (unpaired) electrons. The first-order valence-electron chi connectivity index (χ1n) is 6.70. The second-order valence-corrected chi connectivity index (χ2v) is 5.30. The van der Waals surface area contributed by atoms with E-state index in [0.29, 0.717) is 17.4 Å². The van der Waals surface area contributed by atoms with E-state index >= 15 is 0 Å². The molecule has 114 valence electrons. The first-order chi connectivity index (χ1) is 10.0. The molecular weight excluding hydrogens is 290 g/mol. The lowest BCUT2D eigenvalue weighted by Gasteiger charge is -2.16. The molecule has 0 bridgehead atoms. The molecule has 1 heterocycles. The third-order valence-corrected chi connectivity index (χ3v) is 3.45. The predicted octanol–water partition coefficient (Wildman–Crippen LogP) is 3.80. The number of anilines is 2. The van der Waals surface area contributed by atoms with Gasteiger partial charge >= 0.3 is 0 Å². The van der Waals surface area contributed by atoms with Gasteiger partial charge in [-0.05, 0) is 26.0 Å². The number of nitrogens with zero attached hydrogens (tertiary/aromatic N) is 2. The molecule has 5 nitrogen and oxygen atoms in total. The van der Waals surface area contributed by atoms with Crippen molar-refractivity contribution in [1.29, 1.82) is 0 Å². The molecule has 1 aromatic heterocycles. The first-order valence-corrected chi connectivity index (χ1v) is 7.08. The summed E-state index contributed by atoms with van der Waals surface area (Å²) in [5, 5.41) is 3.87. The zero-order chi connectivity index (χ0) is 15.4. The number of aromatic nitrogens is 2. The molecule has 0 fully saturated rings. The van der Waals surface area contributed by atoms with Crippen LogP contribution in [0.3, 0.4) is 0 Å². The SMILES string of the molecule is COCC(C)n1cc(C)nc1Nc1ccc(Cl)c(OC)c1. The second-order valence-electron chi connectivity index (χ2n) is 4.89. The Kier molecular flexibility index (Phi) is 5.09. The summed E-state index contributed by atoms with van der Waals surface area (Å²) >= 11 is 6.04. The highest BCUT2D eigenvalue weighted by Gasteiger charge is 2.12. The number of ether oxygens (including phenoxy) is 2. The van der Waals surface area contributed by atoms with Crippen LogP contribution in [0.25, 0.3) is 0 Å². The van der Waals surface area contributed by atoms with Crippen LogP contribution in [0.15, 0.2) is 24.4 Å². The van der Waals surface area contributed by atoms with Crippen LogP contribution < -0.4 is 10.1 Å². The van der Waals surface area contributed by atoms with Gasteiger partial charge in [0.05, 0.1) is 30.5 Å². The average Bonchev–Trinajstić information content (AvgIpc) is 2.82. The lowest BCUT2D eigenvalue weighted by molar-refractivity contribution is 0.163. The zero-order valence-electron chi connectivity index (χ0n) is 12.7. The number of methoxy groups -OCH3 is 2. The summed E-state index contributed by atoms with van der Waals surface area (Å²) in [4.78, 5) is 4.51. The van der Waals surface area contributed by atoms with E-state index in [1.807, 2.05) is 25.3 Å². The maximum atomic E-state index is 6.04. The maximum absolute atomic E-state index is 6.04. The number of hydrogen-bond donors (Lipinski definition) is 1. The minimum Gasteiger partial charge on any atom is -0.495 e. The number of aryl methyl sites for hydroxylation is 1. The van der Waals surface area contributed by atoms with Gasteiger partial charge in [0.2, 0.25) is 5.95 Å². The van der Waals surface area contributed by atoms with Gasteiger partial charge in [0, 0.05) is 25.1 Å². The third-order valence-electron chi connectivity index (χ3n) is 3.14. The summed E-state index contributed by atoms with van der Waals surface area (Å²) in [5.41, 5.74) is 1.81. The van der Waals surface area contributed by atoms with E-state index < -0.39 is 0 Å². The average molecular weight is 310 g/mol. The minimum atomic E-state index is 0.188. The van der Waals surface area contributed by atoms with Crippen molar-refractivity contribution in [1.82, 2.24) is 9.55 Å². The molecule has 6 heteroatoms. The van der Waals surface area contributed by atoms with Gasteiger partial charge in [0.1, 0.15) is 5.75 Å². The van der Waals surface area contributed by atoms with Crippen molar-refractivity contribution in [3.8, 4) is 5.75 Å². The van der Waals surface area contributed by atoms with E-state index in [1.165, 1.54) is 0 Å². The Morgan fingerprint density at radius 2 is 2.14 bits per heavy atom. The molecule has 2 rings (SSSR count). The smallest absolute Gasteiger partial charge is 0.207 e. The molecule has 1 atom stereocenters. The van der Waals surface area contributed by atoms with Crippen molar-refractivity contribution in [2.75, 3.05) is 26.1 Å².